The summed E-state index contributed by atoms with van der Waals surface area (Å²) in [6.45, 7) is -1.29. The topological polar surface area (TPSA) is 366 Å². The van der Waals surface area contributed by atoms with Crippen molar-refractivity contribution in [3.8, 4) is 0 Å². The molecule has 4 rings (SSSR count). The second kappa shape index (κ2) is 18.0. The van der Waals surface area contributed by atoms with E-state index in [0.29, 0.717) is 0 Å². The molecular weight excluding hydrogens is 700 g/mol. The number of carbonyl (C=O) groups excluding carboxylic acids is 2. The van der Waals surface area contributed by atoms with Crippen molar-refractivity contribution in [2.45, 2.75) is 137 Å². The highest BCUT2D eigenvalue weighted by molar-refractivity contribution is 5.73. The molecular formula is C28H48N2O21. The van der Waals surface area contributed by atoms with E-state index in [2.05, 4.69) is 10.6 Å². The molecule has 4 fully saturated rings. The van der Waals surface area contributed by atoms with Gasteiger partial charge in [0.15, 0.2) is 25.2 Å². The van der Waals surface area contributed by atoms with Crippen molar-refractivity contribution >= 4 is 11.8 Å². The van der Waals surface area contributed by atoms with Crippen molar-refractivity contribution < 1.29 is 104 Å². The Morgan fingerprint density at radius 2 is 0.882 bits per heavy atom. The molecule has 0 saturated carbocycles. The third-order valence-corrected chi connectivity index (χ3v) is 9.01. The number of aliphatic hydroxyl groups excluding tert-OH is 12. The Balaban J connectivity index is 1.58. The molecule has 0 radical (unpaired) electrons. The molecule has 0 aliphatic carbocycles. The summed E-state index contributed by atoms with van der Waals surface area (Å²) in [5, 5.41) is 129. The van der Waals surface area contributed by atoms with Crippen LogP contribution in [0.5, 0.6) is 0 Å². The number of hydrogen-bond acceptors (Lipinski definition) is 21. The zero-order chi connectivity index (χ0) is 37.9. The first kappa shape index (κ1) is 41.9. The highest BCUT2D eigenvalue weighted by Gasteiger charge is 2.55. The SMILES string of the molecule is CC(=O)N[C@H]1[C@H](O[C@@H]2[C@H](O)[C@@H](O)[C@H](O[C@H]3[C@@H](O)[C@@H](CO)O[C@@H](O[C@@H]4[C@H](O)[C@@H](O)C(O)O[C@@H]4CO)[C@@H]3NC(C)=O)O[C@@H]2CO)O[C@H](CO)[C@H](O)[C@@H]1O. The Bertz CT molecular complexity index is 1140. The molecule has 23 nitrogen and oxygen atoms in total. The normalized spacial score (nSPS) is 47.8. The first-order valence-corrected chi connectivity index (χ1v) is 16.1. The number of nitrogens with one attached hydrogen (secondary N) is 2. The van der Waals surface area contributed by atoms with Gasteiger partial charge in [-0.05, 0) is 0 Å². The third kappa shape index (κ3) is 9.11. The molecule has 296 valence electrons. The van der Waals surface area contributed by atoms with E-state index in [0.717, 1.165) is 13.8 Å². The van der Waals surface area contributed by atoms with Crippen molar-refractivity contribution in [2.24, 2.45) is 0 Å². The van der Waals surface area contributed by atoms with Crippen LogP contribution in [-0.4, -0.2) is 222 Å². The fourth-order valence-corrected chi connectivity index (χ4v) is 6.35. The maximum atomic E-state index is 12.3. The van der Waals surface area contributed by atoms with E-state index in [-0.39, 0.29) is 0 Å². The molecule has 0 aromatic heterocycles. The van der Waals surface area contributed by atoms with Gasteiger partial charge in [0.05, 0.1) is 26.4 Å². The van der Waals surface area contributed by atoms with Crippen LogP contribution < -0.4 is 10.6 Å². The summed E-state index contributed by atoms with van der Waals surface area (Å²) in [5.41, 5.74) is 0. The molecule has 0 bridgehead atoms. The lowest BCUT2D eigenvalue weighted by atomic mass is 9.94. The molecule has 4 aliphatic rings. The van der Waals surface area contributed by atoms with Crippen LogP contribution in [0.25, 0.3) is 0 Å². The van der Waals surface area contributed by atoms with Gasteiger partial charge in [0.2, 0.25) is 11.8 Å². The van der Waals surface area contributed by atoms with E-state index in [1.165, 1.54) is 0 Å². The molecule has 4 aliphatic heterocycles. The van der Waals surface area contributed by atoms with Gasteiger partial charge >= 0.3 is 0 Å². The predicted octanol–water partition coefficient (Wildman–Crippen LogP) is -9.46. The first-order chi connectivity index (χ1) is 24.1. The number of hydrogen-bond donors (Lipinski definition) is 14. The summed E-state index contributed by atoms with van der Waals surface area (Å²) in [6, 6.07) is -3.05. The molecule has 51 heavy (non-hydrogen) atoms. The van der Waals surface area contributed by atoms with Crippen LogP contribution in [0, 0.1) is 0 Å². The predicted molar refractivity (Wildman–Crippen MR) is 157 cm³/mol. The minimum atomic E-state index is -2.08. The summed E-state index contributed by atoms with van der Waals surface area (Å²) in [5.74, 6) is -1.44. The molecule has 0 aromatic carbocycles. The van der Waals surface area contributed by atoms with Crippen LogP contribution in [0.4, 0.5) is 0 Å². The maximum absolute atomic E-state index is 12.3. The molecule has 1 unspecified atom stereocenters. The lowest BCUT2D eigenvalue weighted by molar-refractivity contribution is -0.374. The summed E-state index contributed by atoms with van der Waals surface area (Å²) in [7, 11) is 0. The molecule has 0 spiro atoms. The van der Waals surface area contributed by atoms with Crippen LogP contribution in [0.15, 0.2) is 0 Å². The van der Waals surface area contributed by atoms with Crippen molar-refractivity contribution in [1.82, 2.24) is 10.6 Å². The van der Waals surface area contributed by atoms with Crippen molar-refractivity contribution in [3.63, 3.8) is 0 Å². The molecule has 4 heterocycles. The van der Waals surface area contributed by atoms with Crippen LogP contribution >= 0.6 is 0 Å². The van der Waals surface area contributed by atoms with Gasteiger partial charge in [-0.15, -0.1) is 0 Å². The lowest BCUT2D eigenvalue weighted by Gasteiger charge is -2.50. The summed E-state index contributed by atoms with van der Waals surface area (Å²) >= 11 is 0. The highest BCUT2D eigenvalue weighted by atomic mass is 16.8. The number of carbonyl (C=O) groups is 2. The standard InChI is InChI=1S/C28H48N2O21/c1-7(35)29-13-17(39)15(37)9(3-31)46-26(13)49-23-12(6-34)48-28(21(43)19(23)41)51-24-14(30-8(2)36)27(47-10(4-32)16(24)38)50-22-11(5-33)45-25(44)20(42)18(22)40/h9-28,31-34,37-44H,3-6H2,1-2H3,(H,29,35)(H,30,36)/t9-,10-,11-,12-,13-,14-,15+,16+,17-,18-,19-,20-,21-,22+,23+,24-,25?,26+,27+,28+/m1/s1. The van der Waals surface area contributed by atoms with Crippen LogP contribution in [-0.2, 0) is 42.7 Å². The number of aliphatic hydroxyl groups is 12. The quantitative estimate of drug-likeness (QED) is 0.0881. The minimum Gasteiger partial charge on any atom is -0.394 e. The van der Waals surface area contributed by atoms with E-state index >= 15 is 0 Å². The largest absolute Gasteiger partial charge is 0.394 e. The van der Waals surface area contributed by atoms with Gasteiger partial charge in [-0.2, -0.15) is 0 Å². The van der Waals surface area contributed by atoms with Gasteiger partial charge < -0.3 is 105 Å². The minimum absolute atomic E-state index is 0.683. The number of amides is 2. The second-order valence-corrected chi connectivity index (χ2v) is 12.6. The van der Waals surface area contributed by atoms with Crippen LogP contribution in [0.3, 0.4) is 0 Å². The van der Waals surface area contributed by atoms with E-state index in [1.807, 2.05) is 0 Å². The smallest absolute Gasteiger partial charge is 0.217 e. The molecule has 20 atom stereocenters. The Kier molecular flexibility index (Phi) is 14.8. The van der Waals surface area contributed by atoms with Gasteiger partial charge in [-0.3, -0.25) is 9.59 Å². The molecule has 14 N–H and O–H groups in total. The van der Waals surface area contributed by atoms with Crippen molar-refractivity contribution in [3.05, 3.63) is 0 Å². The van der Waals surface area contributed by atoms with Gasteiger partial charge in [0.25, 0.3) is 0 Å². The summed E-state index contributed by atoms with van der Waals surface area (Å²) in [4.78, 5) is 24.1. The van der Waals surface area contributed by atoms with Gasteiger partial charge in [0, 0.05) is 13.8 Å². The van der Waals surface area contributed by atoms with Gasteiger partial charge in [0.1, 0.15) is 97.5 Å². The molecule has 23 heteroatoms. The van der Waals surface area contributed by atoms with Crippen LogP contribution in [0.1, 0.15) is 13.8 Å². The fraction of sp³-hybridized carbons (Fsp3) is 0.929. The Hall–Kier alpha value is -1.82. The highest BCUT2D eigenvalue weighted by Crippen LogP contribution is 2.34. The Morgan fingerprint density at radius 3 is 1.39 bits per heavy atom. The van der Waals surface area contributed by atoms with Gasteiger partial charge in [-0.25, -0.2) is 0 Å². The first-order valence-electron chi connectivity index (χ1n) is 16.1. The molecule has 2 amide bonds. The molecule has 0 aromatic rings. The summed E-state index contributed by atoms with van der Waals surface area (Å²) in [6.07, 6.45) is -31.4. The van der Waals surface area contributed by atoms with E-state index in [9.17, 15) is 70.9 Å². The van der Waals surface area contributed by atoms with E-state index < -0.39 is 161 Å². The van der Waals surface area contributed by atoms with Gasteiger partial charge in [-0.1, -0.05) is 0 Å². The fourth-order valence-electron chi connectivity index (χ4n) is 6.35. The summed E-state index contributed by atoms with van der Waals surface area (Å²) < 4.78 is 39.3. The Morgan fingerprint density at radius 1 is 0.471 bits per heavy atom. The zero-order valence-electron chi connectivity index (χ0n) is 27.4. The number of ether oxygens (including phenoxy) is 7. The van der Waals surface area contributed by atoms with Crippen LogP contribution in [0.2, 0.25) is 0 Å². The monoisotopic (exact) mass is 748 g/mol. The third-order valence-electron chi connectivity index (χ3n) is 9.01. The lowest BCUT2D eigenvalue weighted by Crippen LogP contribution is -2.70. The number of rotatable bonds is 12. The zero-order valence-corrected chi connectivity index (χ0v) is 27.4. The maximum Gasteiger partial charge on any atom is 0.217 e. The average Bonchev–Trinajstić information content (AvgIpc) is 3.09. The Labute approximate surface area is 289 Å². The molecule has 4 saturated heterocycles. The van der Waals surface area contributed by atoms with Crippen molar-refractivity contribution in [2.75, 3.05) is 26.4 Å². The average molecular weight is 749 g/mol. The van der Waals surface area contributed by atoms with E-state index in [1.54, 1.807) is 0 Å². The second-order valence-electron chi connectivity index (χ2n) is 12.6. The van der Waals surface area contributed by atoms with Crippen molar-refractivity contribution in [1.29, 1.82) is 0 Å². The van der Waals surface area contributed by atoms with E-state index in [4.69, 9.17) is 33.2 Å².